The SMILES string of the molecule is COc1ccc(NC(=O)C(=O)NCC2(O)CCOCC2)cc1OC. The number of carbonyl (C=O) groups excluding carboxylic acids is 2. The maximum atomic E-state index is 11.9. The topological polar surface area (TPSA) is 106 Å². The minimum absolute atomic E-state index is 0.00848. The molecule has 0 bridgehead atoms. The van der Waals surface area contributed by atoms with Gasteiger partial charge in [0.05, 0.1) is 19.8 Å². The van der Waals surface area contributed by atoms with Crippen molar-refractivity contribution in [2.75, 3.05) is 39.3 Å². The van der Waals surface area contributed by atoms with Gasteiger partial charge in [-0.1, -0.05) is 0 Å². The number of rotatable bonds is 5. The van der Waals surface area contributed by atoms with E-state index in [0.717, 1.165) is 0 Å². The lowest BCUT2D eigenvalue weighted by molar-refractivity contribution is -0.137. The number of hydrogen-bond donors (Lipinski definition) is 3. The van der Waals surface area contributed by atoms with Crippen LogP contribution < -0.4 is 20.1 Å². The van der Waals surface area contributed by atoms with Gasteiger partial charge in [0.2, 0.25) is 0 Å². The lowest BCUT2D eigenvalue weighted by Gasteiger charge is -2.31. The Morgan fingerprint density at radius 2 is 1.83 bits per heavy atom. The molecule has 1 heterocycles. The quantitative estimate of drug-likeness (QED) is 0.667. The Morgan fingerprint density at radius 3 is 2.46 bits per heavy atom. The Hall–Kier alpha value is -2.32. The Bertz CT molecular complexity index is 598. The summed E-state index contributed by atoms with van der Waals surface area (Å²) in [6, 6.07) is 4.77. The number of amides is 2. The van der Waals surface area contributed by atoms with Gasteiger partial charge in [-0.05, 0) is 12.1 Å². The van der Waals surface area contributed by atoms with E-state index in [1.165, 1.54) is 14.2 Å². The van der Waals surface area contributed by atoms with Crippen LogP contribution in [0.4, 0.5) is 5.69 Å². The van der Waals surface area contributed by atoms with Crippen LogP contribution in [0.2, 0.25) is 0 Å². The van der Waals surface area contributed by atoms with E-state index < -0.39 is 17.4 Å². The number of benzene rings is 1. The maximum absolute atomic E-state index is 11.9. The van der Waals surface area contributed by atoms with Crippen molar-refractivity contribution in [2.45, 2.75) is 18.4 Å². The lowest BCUT2D eigenvalue weighted by Crippen LogP contribution is -2.48. The van der Waals surface area contributed by atoms with Gasteiger partial charge in [0.25, 0.3) is 0 Å². The summed E-state index contributed by atoms with van der Waals surface area (Å²) in [5.74, 6) is -0.684. The Kier molecular flexibility index (Phi) is 5.99. The van der Waals surface area contributed by atoms with Crippen LogP contribution in [0.3, 0.4) is 0 Å². The van der Waals surface area contributed by atoms with Crippen LogP contribution >= 0.6 is 0 Å². The molecule has 0 unspecified atom stereocenters. The zero-order valence-corrected chi connectivity index (χ0v) is 13.8. The second-order valence-corrected chi connectivity index (χ2v) is 5.54. The molecule has 8 nitrogen and oxygen atoms in total. The molecule has 0 saturated carbocycles. The van der Waals surface area contributed by atoms with Crippen molar-refractivity contribution in [3.8, 4) is 11.5 Å². The van der Waals surface area contributed by atoms with E-state index in [-0.39, 0.29) is 6.54 Å². The van der Waals surface area contributed by atoms with Crippen molar-refractivity contribution in [1.29, 1.82) is 0 Å². The highest BCUT2D eigenvalue weighted by atomic mass is 16.5. The Morgan fingerprint density at radius 1 is 1.17 bits per heavy atom. The summed E-state index contributed by atoms with van der Waals surface area (Å²) in [6.45, 7) is 0.878. The Balaban J connectivity index is 1.90. The highest BCUT2D eigenvalue weighted by Crippen LogP contribution is 2.29. The van der Waals surface area contributed by atoms with Crippen molar-refractivity contribution in [1.82, 2.24) is 5.32 Å². The fourth-order valence-corrected chi connectivity index (χ4v) is 2.36. The minimum atomic E-state index is -1.03. The van der Waals surface area contributed by atoms with Crippen molar-refractivity contribution >= 4 is 17.5 Å². The molecule has 24 heavy (non-hydrogen) atoms. The maximum Gasteiger partial charge on any atom is 0.313 e. The molecule has 0 radical (unpaired) electrons. The van der Waals surface area contributed by atoms with Crippen LogP contribution in [0.5, 0.6) is 11.5 Å². The van der Waals surface area contributed by atoms with Gasteiger partial charge in [0, 0.05) is 44.4 Å². The largest absolute Gasteiger partial charge is 0.493 e. The third kappa shape index (κ3) is 4.59. The summed E-state index contributed by atoms with van der Waals surface area (Å²) in [6.07, 6.45) is 0.842. The highest BCUT2D eigenvalue weighted by molar-refractivity contribution is 6.39. The van der Waals surface area contributed by atoms with Crippen LogP contribution in [0.15, 0.2) is 18.2 Å². The first-order valence-corrected chi connectivity index (χ1v) is 7.59. The normalized spacial score (nSPS) is 16.1. The summed E-state index contributed by atoms with van der Waals surface area (Å²) in [7, 11) is 2.98. The summed E-state index contributed by atoms with van der Waals surface area (Å²) in [5, 5.41) is 15.2. The number of nitrogens with one attached hydrogen (secondary N) is 2. The van der Waals surface area contributed by atoms with Crippen LogP contribution in [0, 0.1) is 0 Å². The molecule has 1 aromatic carbocycles. The smallest absolute Gasteiger partial charge is 0.313 e. The highest BCUT2D eigenvalue weighted by Gasteiger charge is 2.31. The van der Waals surface area contributed by atoms with Gasteiger partial charge in [-0.2, -0.15) is 0 Å². The van der Waals surface area contributed by atoms with E-state index in [2.05, 4.69) is 10.6 Å². The zero-order valence-electron chi connectivity index (χ0n) is 13.8. The lowest BCUT2D eigenvalue weighted by atomic mass is 9.94. The van der Waals surface area contributed by atoms with E-state index >= 15 is 0 Å². The molecule has 1 aliphatic rings. The van der Waals surface area contributed by atoms with E-state index in [1.54, 1.807) is 18.2 Å². The molecule has 2 amide bonds. The van der Waals surface area contributed by atoms with E-state index in [9.17, 15) is 14.7 Å². The molecule has 3 N–H and O–H groups in total. The molecule has 1 saturated heterocycles. The number of methoxy groups -OCH3 is 2. The van der Waals surface area contributed by atoms with E-state index in [4.69, 9.17) is 14.2 Å². The summed E-state index contributed by atoms with van der Waals surface area (Å²) in [5.41, 5.74) is -0.630. The molecule has 8 heteroatoms. The van der Waals surface area contributed by atoms with Gasteiger partial charge in [0.15, 0.2) is 11.5 Å². The molecule has 132 valence electrons. The molecule has 1 aromatic rings. The van der Waals surface area contributed by atoms with E-state index in [0.29, 0.717) is 43.2 Å². The number of ether oxygens (including phenoxy) is 3. The monoisotopic (exact) mass is 338 g/mol. The second kappa shape index (κ2) is 7.98. The molecule has 2 rings (SSSR count). The molecule has 0 aliphatic carbocycles. The average Bonchev–Trinajstić information content (AvgIpc) is 2.60. The first-order valence-electron chi connectivity index (χ1n) is 7.59. The summed E-state index contributed by atoms with van der Waals surface area (Å²) < 4.78 is 15.4. The minimum Gasteiger partial charge on any atom is -0.493 e. The molecule has 1 aliphatic heterocycles. The molecular weight excluding hydrogens is 316 g/mol. The van der Waals surface area contributed by atoms with Gasteiger partial charge in [-0.25, -0.2) is 0 Å². The number of anilines is 1. The van der Waals surface area contributed by atoms with Crippen molar-refractivity contribution < 1.29 is 28.9 Å². The molecule has 0 spiro atoms. The molecule has 1 fully saturated rings. The van der Waals surface area contributed by atoms with E-state index in [1.807, 2.05) is 0 Å². The fourth-order valence-electron chi connectivity index (χ4n) is 2.36. The number of hydrogen-bond acceptors (Lipinski definition) is 6. The van der Waals surface area contributed by atoms with Crippen molar-refractivity contribution in [3.05, 3.63) is 18.2 Å². The van der Waals surface area contributed by atoms with Gasteiger partial charge in [0.1, 0.15) is 0 Å². The van der Waals surface area contributed by atoms with Gasteiger partial charge < -0.3 is 30.0 Å². The average molecular weight is 338 g/mol. The zero-order chi connectivity index (χ0) is 17.6. The van der Waals surface area contributed by atoms with Crippen molar-refractivity contribution in [2.24, 2.45) is 0 Å². The third-order valence-electron chi connectivity index (χ3n) is 3.85. The van der Waals surface area contributed by atoms with Crippen molar-refractivity contribution in [3.63, 3.8) is 0 Å². The molecule has 0 atom stereocenters. The van der Waals surface area contributed by atoms with Gasteiger partial charge in [-0.3, -0.25) is 9.59 Å². The number of carbonyl (C=O) groups is 2. The standard InChI is InChI=1S/C16H22N2O6/c1-22-12-4-3-11(9-13(12)23-2)18-15(20)14(19)17-10-16(21)5-7-24-8-6-16/h3-4,9,21H,5-8,10H2,1-2H3,(H,17,19)(H,18,20). The summed E-state index contributed by atoms with van der Waals surface area (Å²) >= 11 is 0. The van der Waals surface area contributed by atoms with Crippen LogP contribution in [0.25, 0.3) is 0 Å². The van der Waals surface area contributed by atoms with Gasteiger partial charge in [-0.15, -0.1) is 0 Å². The fraction of sp³-hybridized carbons (Fsp3) is 0.500. The predicted octanol–water partition coefficient (Wildman–Crippen LogP) is 0.300. The second-order valence-electron chi connectivity index (χ2n) is 5.54. The van der Waals surface area contributed by atoms with Crippen LogP contribution in [-0.4, -0.2) is 56.5 Å². The third-order valence-corrected chi connectivity index (χ3v) is 3.85. The number of aliphatic hydroxyl groups is 1. The Labute approximate surface area is 140 Å². The van der Waals surface area contributed by atoms with Gasteiger partial charge >= 0.3 is 11.8 Å². The molecule has 0 aromatic heterocycles. The molecular formula is C16H22N2O6. The first-order chi connectivity index (χ1) is 11.5. The first kappa shape index (κ1) is 18.0. The summed E-state index contributed by atoms with van der Waals surface area (Å²) in [4.78, 5) is 23.8. The van der Waals surface area contributed by atoms with Crippen LogP contribution in [0.1, 0.15) is 12.8 Å². The predicted molar refractivity (Wildman–Crippen MR) is 86.2 cm³/mol. The van der Waals surface area contributed by atoms with Crippen LogP contribution in [-0.2, 0) is 14.3 Å².